The van der Waals surface area contributed by atoms with E-state index in [1.54, 1.807) is 12.1 Å². The number of carbonyl (C=O) groups is 1. The lowest BCUT2D eigenvalue weighted by Gasteiger charge is -2.43. The van der Waals surface area contributed by atoms with Gasteiger partial charge in [0.2, 0.25) is 5.91 Å². The van der Waals surface area contributed by atoms with E-state index in [4.69, 9.17) is 5.73 Å². The van der Waals surface area contributed by atoms with Crippen LogP contribution in [0.2, 0.25) is 0 Å². The van der Waals surface area contributed by atoms with Crippen LogP contribution < -0.4 is 10.6 Å². The Kier molecular flexibility index (Phi) is 6.47. The van der Waals surface area contributed by atoms with Crippen LogP contribution in [0.25, 0.3) is 0 Å². The van der Waals surface area contributed by atoms with E-state index in [2.05, 4.69) is 0 Å². The van der Waals surface area contributed by atoms with Crippen molar-refractivity contribution >= 4 is 36.4 Å². The zero-order chi connectivity index (χ0) is 14.2. The number of rotatable bonds is 2. The lowest BCUT2D eigenvalue weighted by Crippen LogP contribution is -2.62. The molecule has 0 spiro atoms. The van der Waals surface area contributed by atoms with Crippen LogP contribution in [-0.4, -0.2) is 42.5 Å². The summed E-state index contributed by atoms with van der Waals surface area (Å²) in [5.41, 5.74) is 6.07. The summed E-state index contributed by atoms with van der Waals surface area (Å²) in [6.45, 7) is 2.55. The predicted molar refractivity (Wildman–Crippen MR) is 90.5 cm³/mol. The molecule has 0 unspecified atom stereocenters. The number of amides is 1. The molecular formula is C15H22Cl2FN3O. The van der Waals surface area contributed by atoms with Crippen LogP contribution in [0.5, 0.6) is 0 Å². The molecule has 4 nitrogen and oxygen atoms in total. The molecule has 0 atom stereocenters. The molecule has 1 amide bonds. The number of carbonyl (C=O) groups excluding carboxylic acids is 1. The molecule has 1 aliphatic carbocycles. The smallest absolute Gasteiger partial charge is 0.242 e. The maximum Gasteiger partial charge on any atom is 0.242 e. The van der Waals surface area contributed by atoms with Gasteiger partial charge in [0, 0.05) is 26.2 Å². The Morgan fingerprint density at radius 3 is 2.18 bits per heavy atom. The molecule has 0 aromatic heterocycles. The molecule has 1 aliphatic heterocycles. The van der Waals surface area contributed by atoms with E-state index < -0.39 is 5.54 Å². The van der Waals surface area contributed by atoms with Gasteiger partial charge >= 0.3 is 0 Å². The van der Waals surface area contributed by atoms with Crippen LogP contribution in [0.3, 0.4) is 0 Å². The normalized spacial score (nSPS) is 19.5. The highest BCUT2D eigenvalue weighted by Crippen LogP contribution is 2.31. The van der Waals surface area contributed by atoms with Gasteiger partial charge in [-0.2, -0.15) is 0 Å². The Morgan fingerprint density at radius 2 is 1.68 bits per heavy atom. The van der Waals surface area contributed by atoms with Crippen molar-refractivity contribution in [1.82, 2.24) is 4.90 Å². The van der Waals surface area contributed by atoms with Gasteiger partial charge in [-0.3, -0.25) is 4.79 Å². The van der Waals surface area contributed by atoms with Gasteiger partial charge in [-0.15, -0.1) is 24.8 Å². The standard InChI is InChI=1S/C15H20FN3O.2ClH/c16-12-4-1-2-5-13(12)18-8-10-19(11-9-18)14(20)15(17)6-3-7-15;;/h1-2,4-5H,3,6-11,17H2;2*1H. The number of benzene rings is 1. The van der Waals surface area contributed by atoms with Gasteiger partial charge in [0.15, 0.2) is 0 Å². The summed E-state index contributed by atoms with van der Waals surface area (Å²) in [4.78, 5) is 16.1. The SMILES string of the molecule is Cl.Cl.NC1(C(=O)N2CCN(c3ccccc3F)CC2)CCC1. The second-order valence-corrected chi connectivity index (χ2v) is 5.74. The molecule has 1 aromatic carbocycles. The Morgan fingerprint density at radius 1 is 1.09 bits per heavy atom. The predicted octanol–water partition coefficient (Wildman–Crippen LogP) is 2.20. The Balaban J connectivity index is 0.00000121. The number of nitrogens with two attached hydrogens (primary N) is 1. The maximum absolute atomic E-state index is 13.7. The molecule has 2 N–H and O–H groups in total. The van der Waals surface area contributed by atoms with E-state index in [9.17, 15) is 9.18 Å². The zero-order valence-electron chi connectivity index (χ0n) is 12.3. The Hall–Kier alpha value is -1.04. The number of anilines is 1. The number of nitrogens with zero attached hydrogens (tertiary/aromatic N) is 2. The van der Waals surface area contributed by atoms with Crippen LogP contribution in [0.15, 0.2) is 24.3 Å². The highest BCUT2D eigenvalue weighted by Gasteiger charge is 2.43. The Labute approximate surface area is 142 Å². The van der Waals surface area contributed by atoms with Gasteiger partial charge in [-0.05, 0) is 31.4 Å². The highest BCUT2D eigenvalue weighted by atomic mass is 35.5. The van der Waals surface area contributed by atoms with Gasteiger partial charge in [0.1, 0.15) is 5.82 Å². The summed E-state index contributed by atoms with van der Waals surface area (Å²) in [6.07, 6.45) is 2.62. The van der Waals surface area contributed by atoms with E-state index in [0.29, 0.717) is 31.9 Å². The second kappa shape index (κ2) is 7.49. The molecule has 2 fully saturated rings. The van der Waals surface area contributed by atoms with Crippen molar-refractivity contribution in [3.05, 3.63) is 30.1 Å². The van der Waals surface area contributed by atoms with Crippen LogP contribution in [0, 0.1) is 5.82 Å². The molecule has 1 saturated carbocycles. The van der Waals surface area contributed by atoms with Crippen LogP contribution in [-0.2, 0) is 4.79 Å². The first kappa shape index (κ1) is 19.0. The molecule has 22 heavy (non-hydrogen) atoms. The third-order valence-corrected chi connectivity index (χ3v) is 4.43. The van der Waals surface area contributed by atoms with Crippen molar-refractivity contribution in [2.45, 2.75) is 24.8 Å². The summed E-state index contributed by atoms with van der Waals surface area (Å²) in [6, 6.07) is 6.77. The monoisotopic (exact) mass is 349 g/mol. The summed E-state index contributed by atoms with van der Waals surface area (Å²) >= 11 is 0. The number of hydrogen-bond acceptors (Lipinski definition) is 3. The Bertz CT molecular complexity index is 517. The third kappa shape index (κ3) is 3.47. The minimum Gasteiger partial charge on any atom is -0.366 e. The lowest BCUT2D eigenvalue weighted by molar-refractivity contribution is -0.140. The van der Waals surface area contributed by atoms with Crippen molar-refractivity contribution in [3.63, 3.8) is 0 Å². The van der Waals surface area contributed by atoms with E-state index in [-0.39, 0.29) is 36.5 Å². The number of piperazine rings is 1. The largest absolute Gasteiger partial charge is 0.366 e. The van der Waals surface area contributed by atoms with Crippen molar-refractivity contribution < 1.29 is 9.18 Å². The van der Waals surface area contributed by atoms with Crippen molar-refractivity contribution in [1.29, 1.82) is 0 Å². The lowest BCUT2D eigenvalue weighted by atomic mass is 9.76. The zero-order valence-corrected chi connectivity index (χ0v) is 14.0. The van der Waals surface area contributed by atoms with E-state index in [1.165, 1.54) is 6.07 Å². The summed E-state index contributed by atoms with van der Waals surface area (Å²) < 4.78 is 13.7. The fraction of sp³-hybridized carbons (Fsp3) is 0.533. The molecule has 1 heterocycles. The summed E-state index contributed by atoms with van der Waals surface area (Å²) in [7, 11) is 0. The first-order valence-corrected chi connectivity index (χ1v) is 7.18. The number of hydrogen-bond donors (Lipinski definition) is 1. The van der Waals surface area contributed by atoms with Gasteiger partial charge in [-0.25, -0.2) is 4.39 Å². The van der Waals surface area contributed by atoms with Crippen molar-refractivity contribution in [2.75, 3.05) is 31.1 Å². The van der Waals surface area contributed by atoms with Crippen LogP contribution in [0.4, 0.5) is 10.1 Å². The topological polar surface area (TPSA) is 49.6 Å². The summed E-state index contributed by atoms with van der Waals surface area (Å²) in [5.74, 6) is -0.140. The second-order valence-electron chi connectivity index (χ2n) is 5.74. The average molecular weight is 350 g/mol. The molecule has 0 bridgehead atoms. The molecule has 1 aromatic rings. The van der Waals surface area contributed by atoms with E-state index >= 15 is 0 Å². The maximum atomic E-state index is 13.7. The van der Waals surface area contributed by atoms with Gasteiger partial charge < -0.3 is 15.5 Å². The minimum absolute atomic E-state index is 0. The first-order chi connectivity index (χ1) is 9.60. The highest BCUT2D eigenvalue weighted by molar-refractivity contribution is 5.87. The molecular weight excluding hydrogens is 328 g/mol. The fourth-order valence-corrected chi connectivity index (χ4v) is 2.95. The molecule has 3 rings (SSSR count). The van der Waals surface area contributed by atoms with Gasteiger partial charge in [0.05, 0.1) is 11.2 Å². The molecule has 7 heteroatoms. The van der Waals surface area contributed by atoms with Crippen LogP contribution >= 0.6 is 24.8 Å². The minimum atomic E-state index is -0.625. The van der Waals surface area contributed by atoms with Crippen LogP contribution in [0.1, 0.15) is 19.3 Å². The summed E-state index contributed by atoms with van der Waals surface area (Å²) in [5, 5.41) is 0. The quantitative estimate of drug-likeness (QED) is 0.890. The average Bonchev–Trinajstić information content (AvgIpc) is 2.45. The molecule has 124 valence electrons. The van der Waals surface area contributed by atoms with Gasteiger partial charge in [0.25, 0.3) is 0 Å². The van der Waals surface area contributed by atoms with Crippen molar-refractivity contribution in [3.8, 4) is 0 Å². The van der Waals surface area contributed by atoms with Gasteiger partial charge in [-0.1, -0.05) is 12.1 Å². The number of para-hydroxylation sites is 1. The fourth-order valence-electron chi connectivity index (χ4n) is 2.95. The van der Waals surface area contributed by atoms with Crippen molar-refractivity contribution in [2.24, 2.45) is 5.73 Å². The molecule has 2 aliphatic rings. The molecule has 0 radical (unpaired) electrons. The molecule has 1 saturated heterocycles. The first-order valence-electron chi connectivity index (χ1n) is 7.18. The number of halogens is 3. The van der Waals surface area contributed by atoms with E-state index in [1.807, 2.05) is 15.9 Å². The third-order valence-electron chi connectivity index (χ3n) is 4.43. The van der Waals surface area contributed by atoms with E-state index in [0.717, 1.165) is 19.3 Å².